The van der Waals surface area contributed by atoms with Gasteiger partial charge in [-0.05, 0) is 42.8 Å². The standard InChI is InChI=1S/C15H14ClN3O2/c1-9-6-10(8-11(16)7-9)15(20)18-13-5-3-2-4-12(13)14(17)19-21/h2-8,21H,1H3,(H2,17,19)(H,18,20). The van der Waals surface area contributed by atoms with E-state index in [9.17, 15) is 4.79 Å². The van der Waals surface area contributed by atoms with Gasteiger partial charge in [0.1, 0.15) is 0 Å². The van der Waals surface area contributed by atoms with Gasteiger partial charge in [-0.25, -0.2) is 0 Å². The molecule has 2 rings (SSSR count). The van der Waals surface area contributed by atoms with Gasteiger partial charge in [0.15, 0.2) is 5.84 Å². The number of anilines is 1. The smallest absolute Gasteiger partial charge is 0.255 e. The van der Waals surface area contributed by atoms with Crippen molar-refractivity contribution in [3.63, 3.8) is 0 Å². The summed E-state index contributed by atoms with van der Waals surface area (Å²) in [7, 11) is 0. The number of amidine groups is 1. The molecule has 0 aromatic heterocycles. The van der Waals surface area contributed by atoms with Crippen molar-refractivity contribution in [3.05, 3.63) is 64.2 Å². The molecular weight excluding hydrogens is 290 g/mol. The largest absolute Gasteiger partial charge is 0.409 e. The summed E-state index contributed by atoms with van der Waals surface area (Å²) in [4.78, 5) is 12.3. The van der Waals surface area contributed by atoms with Crippen LogP contribution in [-0.2, 0) is 0 Å². The first-order chi connectivity index (χ1) is 10.0. The number of para-hydroxylation sites is 1. The average Bonchev–Trinajstić information content (AvgIpc) is 2.46. The molecule has 0 aliphatic carbocycles. The quantitative estimate of drug-likeness (QED) is 0.352. The number of halogens is 1. The van der Waals surface area contributed by atoms with Crippen LogP contribution >= 0.6 is 11.6 Å². The molecule has 0 heterocycles. The van der Waals surface area contributed by atoms with E-state index in [0.717, 1.165) is 5.56 Å². The number of aryl methyl sites for hydroxylation is 1. The van der Waals surface area contributed by atoms with Gasteiger partial charge in [0.25, 0.3) is 5.91 Å². The highest BCUT2D eigenvalue weighted by Crippen LogP contribution is 2.18. The lowest BCUT2D eigenvalue weighted by Crippen LogP contribution is -2.19. The Bertz CT molecular complexity index is 694. The average molecular weight is 304 g/mol. The van der Waals surface area contributed by atoms with E-state index in [1.165, 1.54) is 0 Å². The van der Waals surface area contributed by atoms with Gasteiger partial charge in [0.2, 0.25) is 0 Å². The predicted molar refractivity (Wildman–Crippen MR) is 83.1 cm³/mol. The van der Waals surface area contributed by atoms with E-state index in [2.05, 4.69) is 10.5 Å². The van der Waals surface area contributed by atoms with E-state index in [1.807, 2.05) is 6.92 Å². The van der Waals surface area contributed by atoms with Gasteiger partial charge in [-0.2, -0.15) is 0 Å². The summed E-state index contributed by atoms with van der Waals surface area (Å²) in [6.07, 6.45) is 0. The Hall–Kier alpha value is -2.53. The first-order valence-electron chi connectivity index (χ1n) is 6.16. The lowest BCUT2D eigenvalue weighted by Gasteiger charge is -2.10. The van der Waals surface area contributed by atoms with Crippen LogP contribution in [0.2, 0.25) is 5.02 Å². The second kappa shape index (κ2) is 6.28. The third-order valence-corrected chi connectivity index (χ3v) is 3.08. The Kier molecular flexibility index (Phi) is 4.45. The van der Waals surface area contributed by atoms with Crippen LogP contribution in [-0.4, -0.2) is 17.0 Å². The molecule has 0 aliphatic rings. The number of hydrogen-bond donors (Lipinski definition) is 3. The van der Waals surface area contributed by atoms with E-state index in [-0.39, 0.29) is 11.7 Å². The van der Waals surface area contributed by atoms with Crippen molar-refractivity contribution in [1.82, 2.24) is 0 Å². The summed E-state index contributed by atoms with van der Waals surface area (Å²) >= 11 is 5.95. The first kappa shape index (κ1) is 14.9. The van der Waals surface area contributed by atoms with Crippen molar-refractivity contribution >= 4 is 29.0 Å². The van der Waals surface area contributed by atoms with Crippen molar-refractivity contribution in [1.29, 1.82) is 0 Å². The fourth-order valence-electron chi connectivity index (χ4n) is 1.93. The molecule has 4 N–H and O–H groups in total. The molecule has 0 aliphatic heterocycles. The van der Waals surface area contributed by atoms with E-state index < -0.39 is 0 Å². The fourth-order valence-corrected chi connectivity index (χ4v) is 2.22. The van der Waals surface area contributed by atoms with Gasteiger partial charge in [-0.15, -0.1) is 0 Å². The molecule has 0 spiro atoms. The minimum absolute atomic E-state index is 0.0758. The molecule has 2 aromatic carbocycles. The van der Waals surface area contributed by atoms with Gasteiger partial charge >= 0.3 is 0 Å². The second-order valence-electron chi connectivity index (χ2n) is 4.50. The summed E-state index contributed by atoms with van der Waals surface area (Å²) in [6.45, 7) is 1.85. The van der Waals surface area contributed by atoms with Gasteiger partial charge in [-0.1, -0.05) is 28.9 Å². The van der Waals surface area contributed by atoms with Gasteiger partial charge < -0.3 is 16.3 Å². The highest BCUT2D eigenvalue weighted by atomic mass is 35.5. The molecule has 0 unspecified atom stereocenters. The number of carbonyl (C=O) groups excluding carboxylic acids is 1. The second-order valence-corrected chi connectivity index (χ2v) is 4.94. The van der Waals surface area contributed by atoms with Crippen LogP contribution in [0.1, 0.15) is 21.5 Å². The first-order valence-corrected chi connectivity index (χ1v) is 6.54. The SMILES string of the molecule is Cc1cc(Cl)cc(C(=O)Nc2ccccc2/C(N)=N/O)c1. The number of rotatable bonds is 3. The van der Waals surface area contributed by atoms with Gasteiger partial charge in [0, 0.05) is 16.1 Å². The summed E-state index contributed by atoms with van der Waals surface area (Å²) < 4.78 is 0. The Morgan fingerprint density at radius 3 is 2.67 bits per heavy atom. The van der Waals surface area contributed by atoms with Crippen molar-refractivity contribution in [2.45, 2.75) is 6.92 Å². The Morgan fingerprint density at radius 1 is 1.29 bits per heavy atom. The van der Waals surface area contributed by atoms with Crippen LogP contribution in [0.15, 0.2) is 47.6 Å². The van der Waals surface area contributed by atoms with Crippen molar-refractivity contribution < 1.29 is 10.0 Å². The van der Waals surface area contributed by atoms with Crippen LogP contribution in [0, 0.1) is 6.92 Å². The number of oxime groups is 1. The highest BCUT2D eigenvalue weighted by Gasteiger charge is 2.12. The molecule has 0 saturated heterocycles. The minimum Gasteiger partial charge on any atom is -0.409 e. The molecule has 1 amide bonds. The van der Waals surface area contributed by atoms with Crippen molar-refractivity contribution in [2.24, 2.45) is 10.9 Å². The maximum Gasteiger partial charge on any atom is 0.255 e. The summed E-state index contributed by atoms with van der Waals surface area (Å²) in [6, 6.07) is 11.9. The molecule has 108 valence electrons. The Labute approximate surface area is 127 Å². The zero-order valence-corrected chi connectivity index (χ0v) is 12.1. The maximum atomic E-state index is 12.3. The molecule has 5 nitrogen and oxygen atoms in total. The monoisotopic (exact) mass is 303 g/mol. The van der Waals surface area contributed by atoms with E-state index in [4.69, 9.17) is 22.5 Å². The van der Waals surface area contributed by atoms with Crippen LogP contribution < -0.4 is 11.1 Å². The van der Waals surface area contributed by atoms with E-state index >= 15 is 0 Å². The number of nitrogens with zero attached hydrogens (tertiary/aromatic N) is 1. The third-order valence-electron chi connectivity index (χ3n) is 2.86. The maximum absolute atomic E-state index is 12.3. The summed E-state index contributed by atoms with van der Waals surface area (Å²) in [5, 5.41) is 14.9. The predicted octanol–water partition coefficient (Wildman–Crippen LogP) is 3.00. The van der Waals surface area contributed by atoms with Crippen molar-refractivity contribution in [2.75, 3.05) is 5.32 Å². The molecule has 21 heavy (non-hydrogen) atoms. The number of nitrogens with one attached hydrogen (secondary N) is 1. The Morgan fingerprint density at radius 2 is 2.00 bits per heavy atom. The Balaban J connectivity index is 2.32. The number of carbonyl (C=O) groups is 1. The lowest BCUT2D eigenvalue weighted by molar-refractivity contribution is 0.102. The molecule has 2 aromatic rings. The van der Waals surface area contributed by atoms with Crippen LogP contribution in [0.4, 0.5) is 5.69 Å². The van der Waals surface area contributed by atoms with Crippen LogP contribution in [0.25, 0.3) is 0 Å². The topological polar surface area (TPSA) is 87.7 Å². The zero-order valence-electron chi connectivity index (χ0n) is 11.3. The van der Waals surface area contributed by atoms with E-state index in [1.54, 1.807) is 42.5 Å². The highest BCUT2D eigenvalue weighted by molar-refractivity contribution is 6.31. The van der Waals surface area contributed by atoms with E-state index in [0.29, 0.717) is 21.8 Å². The molecule has 0 saturated carbocycles. The fraction of sp³-hybridized carbons (Fsp3) is 0.0667. The molecule has 0 atom stereocenters. The molecule has 6 heteroatoms. The third kappa shape index (κ3) is 3.52. The van der Waals surface area contributed by atoms with Crippen molar-refractivity contribution in [3.8, 4) is 0 Å². The minimum atomic E-state index is -0.321. The normalized spacial score (nSPS) is 11.2. The number of nitrogens with two attached hydrogens (primary N) is 1. The molecular formula is C15H14ClN3O2. The number of benzene rings is 2. The summed E-state index contributed by atoms with van der Waals surface area (Å²) in [5.41, 5.74) is 7.80. The summed E-state index contributed by atoms with van der Waals surface area (Å²) in [5.74, 6) is -0.396. The molecule has 0 fully saturated rings. The molecule has 0 bridgehead atoms. The molecule has 0 radical (unpaired) electrons. The number of amides is 1. The van der Waals surface area contributed by atoms with Gasteiger partial charge in [0.05, 0.1) is 5.69 Å². The van der Waals surface area contributed by atoms with Crippen LogP contribution in [0.5, 0.6) is 0 Å². The van der Waals surface area contributed by atoms with Crippen LogP contribution in [0.3, 0.4) is 0 Å². The lowest BCUT2D eigenvalue weighted by atomic mass is 10.1. The van der Waals surface area contributed by atoms with Gasteiger partial charge in [-0.3, -0.25) is 4.79 Å². The zero-order chi connectivity index (χ0) is 15.4. The number of hydrogen-bond acceptors (Lipinski definition) is 3.